The van der Waals surface area contributed by atoms with Crippen LogP contribution in [0, 0.1) is 11.3 Å². The summed E-state index contributed by atoms with van der Waals surface area (Å²) in [6, 6.07) is 4.67. The van der Waals surface area contributed by atoms with E-state index in [0.29, 0.717) is 10.0 Å². The van der Waals surface area contributed by atoms with Crippen LogP contribution in [0.5, 0.6) is 5.75 Å². The number of rotatable bonds is 2. The number of esters is 1. The fourth-order valence-corrected chi connectivity index (χ4v) is 1.53. The zero-order valence-electron chi connectivity index (χ0n) is 7.95. The van der Waals surface area contributed by atoms with Crippen molar-refractivity contribution in [2.75, 3.05) is 7.11 Å². The van der Waals surface area contributed by atoms with Crippen molar-refractivity contribution in [2.24, 2.45) is 0 Å². The van der Waals surface area contributed by atoms with Crippen molar-refractivity contribution in [1.29, 1.82) is 5.26 Å². The Balaban J connectivity index is 3.09. The molecule has 0 unspecified atom stereocenters. The molecule has 0 atom stereocenters. The number of carbonyl (C=O) groups excluding carboxylic acids is 1. The largest absolute Gasteiger partial charge is 0.507 e. The smallest absolute Gasteiger partial charge is 0.310 e. The van der Waals surface area contributed by atoms with Crippen LogP contribution in [-0.4, -0.2) is 18.2 Å². The zero-order valence-corrected chi connectivity index (χ0v) is 9.54. The van der Waals surface area contributed by atoms with Crippen LogP contribution in [0.4, 0.5) is 0 Å². The number of hydrogen-bond acceptors (Lipinski definition) is 4. The Bertz CT molecular complexity index is 437. The van der Waals surface area contributed by atoms with Gasteiger partial charge in [-0.15, -0.1) is 0 Å². The summed E-state index contributed by atoms with van der Waals surface area (Å²) in [6.07, 6.45) is 0.0616. The molecule has 0 amide bonds. The second-order valence-electron chi connectivity index (χ2n) is 2.83. The van der Waals surface area contributed by atoms with Crippen molar-refractivity contribution in [3.05, 3.63) is 27.7 Å². The lowest BCUT2D eigenvalue weighted by atomic mass is 10.1. The molecule has 78 valence electrons. The number of hydrogen-bond donors (Lipinski definition) is 1. The first-order chi connectivity index (χ1) is 7.08. The summed E-state index contributed by atoms with van der Waals surface area (Å²) in [5.74, 6) is -0.511. The summed E-state index contributed by atoms with van der Waals surface area (Å²) in [7, 11) is 1.29. The molecule has 1 aromatic carbocycles. The first-order valence-corrected chi connectivity index (χ1v) is 4.86. The molecule has 1 rings (SSSR count). The lowest BCUT2D eigenvalue weighted by Crippen LogP contribution is -2.05. The molecule has 0 saturated heterocycles. The number of nitriles is 1. The van der Waals surface area contributed by atoms with Gasteiger partial charge >= 0.3 is 5.97 Å². The third-order valence-corrected chi connectivity index (χ3v) is 2.59. The van der Waals surface area contributed by atoms with E-state index in [0.717, 1.165) is 0 Å². The monoisotopic (exact) mass is 269 g/mol. The average Bonchev–Trinajstić information content (AvgIpc) is 2.21. The van der Waals surface area contributed by atoms with Gasteiger partial charge in [0.05, 0.1) is 19.1 Å². The van der Waals surface area contributed by atoms with Gasteiger partial charge in [-0.2, -0.15) is 5.26 Å². The maximum Gasteiger partial charge on any atom is 0.310 e. The Morgan fingerprint density at radius 1 is 1.67 bits per heavy atom. The van der Waals surface area contributed by atoms with Crippen molar-refractivity contribution in [3.63, 3.8) is 0 Å². The summed E-state index contributed by atoms with van der Waals surface area (Å²) < 4.78 is 5.08. The molecule has 0 saturated carbocycles. The summed E-state index contributed by atoms with van der Waals surface area (Å²) >= 11 is 3.19. The van der Waals surface area contributed by atoms with Crippen LogP contribution in [0.1, 0.15) is 11.1 Å². The van der Waals surface area contributed by atoms with Crippen LogP contribution < -0.4 is 0 Å². The average molecular weight is 270 g/mol. The van der Waals surface area contributed by atoms with Crippen molar-refractivity contribution in [1.82, 2.24) is 0 Å². The molecule has 1 aromatic rings. The van der Waals surface area contributed by atoms with Gasteiger partial charge in [-0.3, -0.25) is 4.79 Å². The third kappa shape index (κ3) is 2.70. The molecule has 0 aromatic heterocycles. The van der Waals surface area contributed by atoms with E-state index in [-0.39, 0.29) is 17.7 Å². The number of halogens is 1. The van der Waals surface area contributed by atoms with Crippen LogP contribution in [0.25, 0.3) is 0 Å². The standard InChI is InChI=1S/C10H8BrNO3/c1-15-10(14)3-6-2-7(5-12)9(13)4-8(6)11/h2,4,13H,3H2,1H3. The molecule has 1 N–H and O–H groups in total. The fourth-order valence-electron chi connectivity index (χ4n) is 1.06. The Morgan fingerprint density at radius 3 is 2.87 bits per heavy atom. The second kappa shape index (κ2) is 4.80. The maximum atomic E-state index is 11.0. The third-order valence-electron chi connectivity index (χ3n) is 1.85. The molecule has 0 aliphatic rings. The number of carbonyl (C=O) groups is 1. The summed E-state index contributed by atoms with van der Waals surface area (Å²) in [5, 5.41) is 18.0. The molecule has 0 spiro atoms. The molecule has 5 heteroatoms. The highest BCUT2D eigenvalue weighted by Gasteiger charge is 2.10. The number of benzene rings is 1. The predicted octanol–water partition coefficient (Wildman–Crippen LogP) is 1.74. The van der Waals surface area contributed by atoms with Crippen LogP contribution in [-0.2, 0) is 16.0 Å². The second-order valence-corrected chi connectivity index (χ2v) is 3.68. The Hall–Kier alpha value is -1.54. The fraction of sp³-hybridized carbons (Fsp3) is 0.200. The summed E-state index contributed by atoms with van der Waals surface area (Å²) in [6.45, 7) is 0. The molecule has 0 aliphatic carbocycles. The molecule has 0 bridgehead atoms. The van der Waals surface area contributed by atoms with Crippen LogP contribution in [0.2, 0.25) is 0 Å². The molecule has 0 fully saturated rings. The van der Waals surface area contributed by atoms with Crippen LogP contribution in [0.15, 0.2) is 16.6 Å². The van der Waals surface area contributed by atoms with E-state index in [1.165, 1.54) is 19.2 Å². The topological polar surface area (TPSA) is 70.3 Å². The van der Waals surface area contributed by atoms with Gasteiger partial charge in [0, 0.05) is 4.47 Å². The van der Waals surface area contributed by atoms with Gasteiger partial charge in [0.2, 0.25) is 0 Å². The van der Waals surface area contributed by atoms with Crippen molar-refractivity contribution < 1.29 is 14.6 Å². The zero-order chi connectivity index (χ0) is 11.4. The van der Waals surface area contributed by atoms with Gasteiger partial charge in [-0.05, 0) is 17.7 Å². The van der Waals surface area contributed by atoms with E-state index in [9.17, 15) is 9.90 Å². The highest BCUT2D eigenvalue weighted by Crippen LogP contribution is 2.26. The normalized spacial score (nSPS) is 9.40. The maximum absolute atomic E-state index is 11.0. The molecule has 0 radical (unpaired) electrons. The van der Waals surface area contributed by atoms with Crippen LogP contribution >= 0.6 is 15.9 Å². The van der Waals surface area contributed by atoms with Crippen LogP contribution in [0.3, 0.4) is 0 Å². The Kier molecular flexibility index (Phi) is 3.69. The molecular weight excluding hydrogens is 262 g/mol. The molecule has 0 heterocycles. The van der Waals surface area contributed by atoms with Crippen molar-refractivity contribution in [2.45, 2.75) is 6.42 Å². The predicted molar refractivity (Wildman–Crippen MR) is 56.2 cm³/mol. The molecule has 0 aliphatic heterocycles. The lowest BCUT2D eigenvalue weighted by Gasteiger charge is -2.05. The lowest BCUT2D eigenvalue weighted by molar-refractivity contribution is -0.139. The first-order valence-electron chi connectivity index (χ1n) is 4.06. The van der Waals surface area contributed by atoms with E-state index in [4.69, 9.17) is 5.26 Å². The summed E-state index contributed by atoms with van der Waals surface area (Å²) in [5.41, 5.74) is 0.744. The van der Waals surface area contributed by atoms with Gasteiger partial charge in [0.1, 0.15) is 11.8 Å². The summed E-state index contributed by atoms with van der Waals surface area (Å²) in [4.78, 5) is 11.0. The van der Waals surface area contributed by atoms with Gasteiger partial charge in [-0.25, -0.2) is 0 Å². The highest BCUT2D eigenvalue weighted by atomic mass is 79.9. The minimum Gasteiger partial charge on any atom is -0.507 e. The van der Waals surface area contributed by atoms with Crippen molar-refractivity contribution >= 4 is 21.9 Å². The Labute approximate surface area is 95.2 Å². The number of aromatic hydroxyl groups is 1. The number of phenolic OH excluding ortho intramolecular Hbond substituents is 1. The number of phenols is 1. The SMILES string of the molecule is COC(=O)Cc1cc(C#N)c(O)cc1Br. The molecule has 15 heavy (non-hydrogen) atoms. The highest BCUT2D eigenvalue weighted by molar-refractivity contribution is 9.10. The first kappa shape index (κ1) is 11.5. The number of nitrogens with zero attached hydrogens (tertiary/aromatic N) is 1. The number of ether oxygens (including phenoxy) is 1. The van der Waals surface area contributed by atoms with Gasteiger partial charge < -0.3 is 9.84 Å². The molecular formula is C10H8BrNO3. The number of methoxy groups -OCH3 is 1. The van der Waals surface area contributed by atoms with E-state index in [1.54, 1.807) is 0 Å². The van der Waals surface area contributed by atoms with E-state index >= 15 is 0 Å². The quantitative estimate of drug-likeness (QED) is 0.831. The van der Waals surface area contributed by atoms with E-state index in [1.807, 2.05) is 6.07 Å². The Morgan fingerprint density at radius 2 is 2.33 bits per heavy atom. The van der Waals surface area contributed by atoms with E-state index in [2.05, 4.69) is 20.7 Å². The minimum atomic E-state index is -0.398. The van der Waals surface area contributed by atoms with Crippen molar-refractivity contribution in [3.8, 4) is 11.8 Å². The van der Waals surface area contributed by atoms with Gasteiger partial charge in [-0.1, -0.05) is 15.9 Å². The minimum absolute atomic E-state index is 0.0616. The molecule has 4 nitrogen and oxygen atoms in total. The van der Waals surface area contributed by atoms with E-state index < -0.39 is 5.97 Å². The van der Waals surface area contributed by atoms with Gasteiger partial charge in [0.15, 0.2) is 0 Å². The van der Waals surface area contributed by atoms with Gasteiger partial charge in [0.25, 0.3) is 0 Å².